The van der Waals surface area contributed by atoms with Crippen LogP contribution >= 0.6 is 0 Å². The molecule has 33 heavy (non-hydrogen) atoms. The second-order valence-corrected chi connectivity index (χ2v) is 8.45. The van der Waals surface area contributed by atoms with Crippen LogP contribution in [0.25, 0.3) is 16.3 Å². The van der Waals surface area contributed by atoms with Gasteiger partial charge in [-0.05, 0) is 28.6 Å². The van der Waals surface area contributed by atoms with Crippen molar-refractivity contribution in [2.45, 2.75) is 29.6 Å². The number of allylic oxidation sites excluding steroid dienone is 2. The van der Waals surface area contributed by atoms with Gasteiger partial charge in [0.15, 0.2) is 0 Å². The van der Waals surface area contributed by atoms with Crippen molar-refractivity contribution in [3.05, 3.63) is 41.0 Å². The molecule has 2 aliphatic rings. The molecule has 2 nitrogen and oxygen atoms in total. The van der Waals surface area contributed by atoms with Crippen LogP contribution in [0.5, 0.6) is 0 Å². The zero-order valence-corrected chi connectivity index (χ0v) is 17.5. The lowest BCUT2D eigenvalue weighted by molar-refractivity contribution is -0.307. The highest BCUT2D eigenvalue weighted by Gasteiger charge is 2.87. The van der Waals surface area contributed by atoms with Crippen LogP contribution in [0.4, 0.5) is 55.3 Å². The Labute approximate surface area is 181 Å². The van der Waals surface area contributed by atoms with Gasteiger partial charge in [-0.1, -0.05) is 12.1 Å². The number of hydrogen-bond acceptors (Lipinski definition) is 2. The van der Waals surface area contributed by atoms with Gasteiger partial charge < -0.3 is 9.80 Å². The third-order valence-corrected chi connectivity index (χ3v) is 6.25. The van der Waals surface area contributed by atoms with E-state index in [2.05, 4.69) is 0 Å². The molecule has 0 saturated carbocycles. The summed E-state index contributed by atoms with van der Waals surface area (Å²) in [5, 5.41) is -0.966. The number of nitrogens with zero attached hydrogens (tertiary/aromatic N) is 2. The van der Waals surface area contributed by atoms with Crippen LogP contribution in [-0.2, 0) is 5.41 Å². The van der Waals surface area contributed by atoms with E-state index in [4.69, 9.17) is 0 Å². The molecular weight excluding hydrogens is 470 g/mol. The lowest BCUT2D eigenvalue weighted by Crippen LogP contribution is -2.68. The Kier molecular flexibility index (Phi) is 4.46. The van der Waals surface area contributed by atoms with Crippen LogP contribution in [-0.4, -0.2) is 52.4 Å². The van der Waals surface area contributed by atoms with Crippen LogP contribution in [0.1, 0.15) is 11.1 Å². The van der Waals surface area contributed by atoms with E-state index >= 15 is 0 Å². The Morgan fingerprint density at radius 3 is 1.52 bits per heavy atom. The maximum absolute atomic E-state index is 14.5. The topological polar surface area (TPSA) is 6.48 Å². The highest BCUT2D eigenvalue weighted by molar-refractivity contribution is 6.14. The van der Waals surface area contributed by atoms with Gasteiger partial charge in [0, 0.05) is 56.1 Å². The lowest BCUT2D eigenvalue weighted by atomic mass is 9.55. The molecule has 0 unspecified atom stereocenters. The Balaban J connectivity index is 2.38. The van der Waals surface area contributed by atoms with Crippen LogP contribution in [0, 0.1) is 0 Å². The van der Waals surface area contributed by atoms with E-state index in [1.807, 2.05) is 0 Å². The molecule has 0 atom stereocenters. The Hall–Kier alpha value is -2.66. The quantitative estimate of drug-likeness (QED) is 0.455. The Morgan fingerprint density at radius 2 is 1.09 bits per heavy atom. The molecule has 0 N–H and O–H groups in total. The van der Waals surface area contributed by atoms with E-state index in [0.717, 1.165) is 12.1 Å². The molecule has 4 rings (SSSR count). The van der Waals surface area contributed by atoms with Gasteiger partial charge in [0.05, 0.1) is 0 Å². The zero-order chi connectivity index (χ0) is 25.1. The average Bonchev–Trinajstić information content (AvgIpc) is 2.64. The van der Waals surface area contributed by atoms with Gasteiger partial charge >= 0.3 is 24.2 Å². The second kappa shape index (κ2) is 6.26. The van der Waals surface area contributed by atoms with Crippen LogP contribution < -0.4 is 9.80 Å². The number of fused-ring (bicyclic) bond motifs is 1. The number of benzene rings is 2. The van der Waals surface area contributed by atoms with Crippen molar-refractivity contribution in [1.82, 2.24) is 0 Å². The predicted molar refractivity (Wildman–Crippen MR) is 103 cm³/mol. The van der Waals surface area contributed by atoms with Gasteiger partial charge in [0.2, 0.25) is 5.41 Å². The summed E-state index contributed by atoms with van der Waals surface area (Å²) in [6.45, 7) is 0. The number of anilines is 2. The molecule has 12 heteroatoms. The monoisotopic (exact) mass is 486 g/mol. The van der Waals surface area contributed by atoms with Gasteiger partial charge in [-0.3, -0.25) is 0 Å². The summed E-state index contributed by atoms with van der Waals surface area (Å²) < 4.78 is 144. The first-order valence-corrected chi connectivity index (χ1v) is 9.45. The van der Waals surface area contributed by atoms with Crippen molar-refractivity contribution >= 4 is 27.7 Å². The molecule has 0 heterocycles. The molecule has 0 aliphatic heterocycles. The Bertz CT molecular complexity index is 1170. The summed E-state index contributed by atoms with van der Waals surface area (Å²) in [6, 6.07) is 3.48. The average molecular weight is 486 g/mol. The van der Waals surface area contributed by atoms with Crippen LogP contribution in [0.3, 0.4) is 0 Å². The molecule has 0 spiro atoms. The highest BCUT2D eigenvalue weighted by atomic mass is 19.4. The first-order chi connectivity index (χ1) is 14.8. The fraction of sp³-hybridized carbons (Fsp3) is 0.429. The molecule has 0 bridgehead atoms. The van der Waals surface area contributed by atoms with Gasteiger partial charge in [-0.2, -0.15) is 43.9 Å². The summed E-state index contributed by atoms with van der Waals surface area (Å²) in [4.78, 5) is 2.77. The minimum Gasteiger partial charge on any atom is -0.377 e. The largest absolute Gasteiger partial charge is 0.411 e. The molecule has 0 fully saturated rings. The summed E-state index contributed by atoms with van der Waals surface area (Å²) in [5.41, 5.74) is -11.9. The van der Waals surface area contributed by atoms with E-state index in [9.17, 15) is 43.9 Å². The summed E-state index contributed by atoms with van der Waals surface area (Å²) in [5.74, 6) is -10.9. The van der Waals surface area contributed by atoms with Crippen molar-refractivity contribution in [3.63, 3.8) is 0 Å². The van der Waals surface area contributed by atoms with Gasteiger partial charge in [-0.25, -0.2) is 0 Å². The molecule has 2 aliphatic carbocycles. The third-order valence-electron chi connectivity index (χ3n) is 6.25. The van der Waals surface area contributed by atoms with Crippen LogP contribution in [0.2, 0.25) is 0 Å². The van der Waals surface area contributed by atoms with Gasteiger partial charge in [0.1, 0.15) is 0 Å². The summed E-state index contributed by atoms with van der Waals surface area (Å²) in [7, 11) is 5.85. The maximum Gasteiger partial charge on any atom is 0.411 e. The lowest BCUT2D eigenvalue weighted by Gasteiger charge is -2.53. The van der Waals surface area contributed by atoms with E-state index in [1.165, 1.54) is 44.1 Å². The smallest absolute Gasteiger partial charge is 0.377 e. The summed E-state index contributed by atoms with van der Waals surface area (Å²) >= 11 is 0. The van der Waals surface area contributed by atoms with E-state index in [-0.39, 0.29) is 16.8 Å². The van der Waals surface area contributed by atoms with Crippen molar-refractivity contribution in [2.75, 3.05) is 38.0 Å². The molecule has 0 amide bonds. The minimum absolute atomic E-state index is 0.135. The van der Waals surface area contributed by atoms with E-state index in [0.29, 0.717) is 6.07 Å². The highest BCUT2D eigenvalue weighted by Crippen LogP contribution is 2.74. The first-order valence-electron chi connectivity index (χ1n) is 9.45. The fourth-order valence-electron chi connectivity index (χ4n) is 4.90. The SMILES string of the molecule is CN(C)c1ccc2c3c(ccc(N(C)C)c13)C(C(F)(F)F)(C(F)(F)F)C1=C2C(F)(F)C1(F)F. The van der Waals surface area contributed by atoms with Gasteiger partial charge in [0.25, 0.3) is 0 Å². The Morgan fingerprint density at radius 1 is 0.636 bits per heavy atom. The van der Waals surface area contributed by atoms with Crippen molar-refractivity contribution < 1.29 is 43.9 Å². The van der Waals surface area contributed by atoms with Gasteiger partial charge in [-0.15, -0.1) is 0 Å². The standard InChI is InChI=1S/C21H16F10N2/c1-32(2)11-7-5-9-13-10(6-8-12(14(11)13)33(3)4)17(20(26,27)28,21(29,30)31)16-15(9)18(22,23)19(16,24)25/h5-8H,1-4H3. The molecule has 0 aromatic heterocycles. The normalized spacial score (nSPS) is 20.4. The number of rotatable bonds is 2. The number of alkyl halides is 10. The maximum atomic E-state index is 14.5. The zero-order valence-electron chi connectivity index (χ0n) is 17.5. The fourth-order valence-corrected chi connectivity index (χ4v) is 4.90. The molecule has 180 valence electrons. The molecule has 2 aromatic carbocycles. The number of hydrogen-bond donors (Lipinski definition) is 0. The van der Waals surface area contributed by atoms with E-state index in [1.54, 1.807) is 0 Å². The first kappa shape index (κ1) is 23.5. The molecule has 0 saturated heterocycles. The second-order valence-electron chi connectivity index (χ2n) is 8.45. The molecule has 2 aromatic rings. The third kappa shape index (κ3) is 2.46. The van der Waals surface area contributed by atoms with E-state index < -0.39 is 57.3 Å². The van der Waals surface area contributed by atoms with Crippen molar-refractivity contribution in [3.8, 4) is 0 Å². The predicted octanol–water partition coefficient (Wildman–Crippen LogP) is 6.39. The molecular formula is C21H16F10N2. The minimum atomic E-state index is -6.38. The number of halogens is 10. The van der Waals surface area contributed by atoms with Crippen molar-refractivity contribution in [2.24, 2.45) is 0 Å². The molecule has 0 radical (unpaired) electrons. The summed E-state index contributed by atoms with van der Waals surface area (Å²) in [6.07, 6.45) is -12.8. The van der Waals surface area contributed by atoms with Crippen LogP contribution in [0.15, 0.2) is 29.8 Å². The van der Waals surface area contributed by atoms with Crippen molar-refractivity contribution in [1.29, 1.82) is 0 Å².